The zero-order valence-electron chi connectivity index (χ0n) is 11.8. The molecule has 22 heavy (non-hydrogen) atoms. The monoisotopic (exact) mass is 318 g/mol. The molecule has 2 aromatic carbocycles. The molecule has 3 rings (SSSR count). The molecule has 1 aromatic heterocycles. The number of halogens is 1. The standard InChI is InChI=1S/C15H11ClN2O4/c1-17-11-5-3-8(22-2)7-9(11)15(19)13-10(16)4-6-12(14(13)17)18(20)21/h3-7H,1-2H3. The van der Waals surface area contributed by atoms with Gasteiger partial charge in [-0.3, -0.25) is 14.9 Å². The van der Waals surface area contributed by atoms with Crippen molar-refractivity contribution in [1.29, 1.82) is 0 Å². The van der Waals surface area contributed by atoms with E-state index in [0.29, 0.717) is 16.7 Å². The number of nitro groups is 1. The SMILES string of the molecule is COc1ccc2c(c1)c(=O)c1c(Cl)ccc([N+](=O)[O-])c1n2C. The minimum absolute atomic E-state index is 0.138. The van der Waals surface area contributed by atoms with Crippen LogP contribution < -0.4 is 10.2 Å². The quantitative estimate of drug-likeness (QED) is 0.413. The minimum atomic E-state index is -0.520. The number of nitrogens with zero attached hydrogens (tertiary/aromatic N) is 2. The molecule has 1 heterocycles. The minimum Gasteiger partial charge on any atom is -0.497 e. The summed E-state index contributed by atoms with van der Waals surface area (Å²) in [4.78, 5) is 23.5. The van der Waals surface area contributed by atoms with Gasteiger partial charge in [0, 0.05) is 13.1 Å². The number of hydrogen-bond donors (Lipinski definition) is 0. The first-order chi connectivity index (χ1) is 10.5. The number of benzene rings is 2. The highest BCUT2D eigenvalue weighted by Gasteiger charge is 2.21. The van der Waals surface area contributed by atoms with Crippen molar-refractivity contribution >= 4 is 39.1 Å². The van der Waals surface area contributed by atoms with Crippen LogP contribution in [-0.4, -0.2) is 16.6 Å². The number of aryl methyl sites for hydroxylation is 1. The van der Waals surface area contributed by atoms with Crippen LogP contribution in [0.25, 0.3) is 21.8 Å². The largest absolute Gasteiger partial charge is 0.497 e. The maximum atomic E-state index is 12.7. The highest BCUT2D eigenvalue weighted by Crippen LogP contribution is 2.32. The van der Waals surface area contributed by atoms with Crippen molar-refractivity contribution in [3.05, 3.63) is 55.7 Å². The van der Waals surface area contributed by atoms with Gasteiger partial charge in [-0.2, -0.15) is 0 Å². The molecule has 0 fully saturated rings. The number of ether oxygens (including phenoxy) is 1. The normalized spacial score (nSPS) is 11.0. The number of aromatic nitrogens is 1. The maximum Gasteiger partial charge on any atom is 0.293 e. The van der Waals surface area contributed by atoms with Crippen LogP contribution in [0, 0.1) is 10.1 Å². The predicted octanol–water partition coefficient (Wildman–Crippen LogP) is 3.26. The molecule has 0 unspecified atom stereocenters. The van der Waals surface area contributed by atoms with E-state index < -0.39 is 4.92 Å². The van der Waals surface area contributed by atoms with Crippen molar-refractivity contribution in [1.82, 2.24) is 4.57 Å². The molecular weight excluding hydrogens is 308 g/mol. The Bertz CT molecular complexity index is 994. The van der Waals surface area contributed by atoms with Gasteiger partial charge in [-0.05, 0) is 24.3 Å². The lowest BCUT2D eigenvalue weighted by Gasteiger charge is -2.12. The molecule has 0 aliphatic rings. The number of rotatable bonds is 2. The van der Waals surface area contributed by atoms with Crippen LogP contribution in [0.15, 0.2) is 35.1 Å². The van der Waals surface area contributed by atoms with Crippen LogP contribution in [0.3, 0.4) is 0 Å². The molecule has 0 radical (unpaired) electrons. The lowest BCUT2D eigenvalue weighted by atomic mass is 10.1. The molecule has 0 aliphatic carbocycles. The number of fused-ring (bicyclic) bond motifs is 2. The van der Waals surface area contributed by atoms with Gasteiger partial charge in [0.1, 0.15) is 11.3 Å². The van der Waals surface area contributed by atoms with Crippen molar-refractivity contribution in [3.8, 4) is 5.75 Å². The summed E-state index contributed by atoms with van der Waals surface area (Å²) in [5.41, 5.74) is 0.274. The van der Waals surface area contributed by atoms with Crippen molar-refractivity contribution in [2.45, 2.75) is 0 Å². The molecule has 7 heteroatoms. The fourth-order valence-electron chi connectivity index (χ4n) is 2.63. The number of non-ortho nitro benzene ring substituents is 1. The van der Waals surface area contributed by atoms with E-state index in [2.05, 4.69) is 0 Å². The van der Waals surface area contributed by atoms with Gasteiger partial charge in [0.2, 0.25) is 0 Å². The fourth-order valence-corrected chi connectivity index (χ4v) is 2.87. The summed E-state index contributed by atoms with van der Waals surface area (Å²) in [6.07, 6.45) is 0. The van der Waals surface area contributed by atoms with E-state index in [4.69, 9.17) is 16.3 Å². The Kier molecular flexibility index (Phi) is 3.26. The van der Waals surface area contributed by atoms with E-state index in [-0.39, 0.29) is 27.0 Å². The van der Waals surface area contributed by atoms with Gasteiger partial charge in [-0.1, -0.05) is 11.6 Å². The molecule has 3 aromatic rings. The van der Waals surface area contributed by atoms with E-state index in [1.54, 1.807) is 29.8 Å². The molecule has 6 nitrogen and oxygen atoms in total. The highest BCUT2D eigenvalue weighted by atomic mass is 35.5. The van der Waals surface area contributed by atoms with E-state index in [0.717, 1.165) is 0 Å². The summed E-state index contributed by atoms with van der Waals surface area (Å²) in [6, 6.07) is 7.67. The summed E-state index contributed by atoms with van der Waals surface area (Å²) in [6.45, 7) is 0. The van der Waals surface area contributed by atoms with Crippen LogP contribution in [-0.2, 0) is 7.05 Å². The molecule has 0 N–H and O–H groups in total. The molecule has 0 saturated heterocycles. The smallest absolute Gasteiger partial charge is 0.293 e. The predicted molar refractivity (Wildman–Crippen MR) is 84.9 cm³/mol. The van der Waals surface area contributed by atoms with Crippen molar-refractivity contribution in [2.24, 2.45) is 7.05 Å². The first kappa shape index (κ1) is 14.3. The number of hydrogen-bond acceptors (Lipinski definition) is 4. The van der Waals surface area contributed by atoms with Crippen LogP contribution in [0.1, 0.15) is 0 Å². The molecule has 0 spiro atoms. The summed E-state index contributed by atoms with van der Waals surface area (Å²) < 4.78 is 6.74. The second-order valence-electron chi connectivity index (χ2n) is 4.82. The Labute approximate surface area is 129 Å². The third-order valence-corrected chi connectivity index (χ3v) is 3.99. The van der Waals surface area contributed by atoms with Crippen LogP contribution in [0.5, 0.6) is 5.75 Å². The molecule has 112 valence electrons. The van der Waals surface area contributed by atoms with Gasteiger partial charge in [-0.25, -0.2) is 0 Å². The van der Waals surface area contributed by atoms with E-state index in [1.807, 2.05) is 0 Å². The van der Waals surface area contributed by atoms with Crippen molar-refractivity contribution < 1.29 is 9.66 Å². The Balaban J connectivity index is 2.64. The van der Waals surface area contributed by atoms with E-state index in [9.17, 15) is 14.9 Å². The van der Waals surface area contributed by atoms with E-state index in [1.165, 1.54) is 19.2 Å². The summed E-state index contributed by atoms with van der Waals surface area (Å²) in [5, 5.41) is 12.0. The third-order valence-electron chi connectivity index (χ3n) is 3.67. The second-order valence-corrected chi connectivity index (χ2v) is 5.23. The Morgan fingerprint density at radius 3 is 2.64 bits per heavy atom. The first-order valence-electron chi connectivity index (χ1n) is 6.39. The highest BCUT2D eigenvalue weighted by molar-refractivity contribution is 6.36. The molecule has 0 saturated carbocycles. The zero-order valence-corrected chi connectivity index (χ0v) is 12.5. The molecule has 0 atom stereocenters. The van der Waals surface area contributed by atoms with Crippen molar-refractivity contribution in [3.63, 3.8) is 0 Å². The van der Waals surface area contributed by atoms with Gasteiger partial charge in [0.25, 0.3) is 5.69 Å². The van der Waals surface area contributed by atoms with E-state index >= 15 is 0 Å². The average Bonchev–Trinajstić information content (AvgIpc) is 2.51. The maximum absolute atomic E-state index is 12.7. The van der Waals surface area contributed by atoms with Gasteiger partial charge >= 0.3 is 0 Å². The third kappa shape index (κ3) is 1.92. The molecule has 0 bridgehead atoms. The first-order valence-corrected chi connectivity index (χ1v) is 6.77. The van der Waals surface area contributed by atoms with Gasteiger partial charge in [-0.15, -0.1) is 0 Å². The Hall–Kier alpha value is -2.60. The lowest BCUT2D eigenvalue weighted by molar-refractivity contribution is -0.383. The number of pyridine rings is 1. The van der Waals surface area contributed by atoms with Crippen LogP contribution >= 0.6 is 11.6 Å². The van der Waals surface area contributed by atoms with Gasteiger partial charge in [0.05, 0.1) is 33.3 Å². The number of methoxy groups -OCH3 is 1. The Morgan fingerprint density at radius 1 is 1.27 bits per heavy atom. The summed E-state index contributed by atoms with van der Waals surface area (Å²) in [7, 11) is 3.17. The van der Waals surface area contributed by atoms with Gasteiger partial charge < -0.3 is 9.30 Å². The van der Waals surface area contributed by atoms with Crippen LogP contribution in [0.2, 0.25) is 5.02 Å². The average molecular weight is 319 g/mol. The second kappa shape index (κ2) is 4.99. The summed E-state index contributed by atoms with van der Waals surface area (Å²) >= 11 is 6.12. The zero-order chi connectivity index (χ0) is 16.0. The topological polar surface area (TPSA) is 74.4 Å². The summed E-state index contributed by atoms with van der Waals surface area (Å²) in [5.74, 6) is 0.533. The Morgan fingerprint density at radius 2 is 2.00 bits per heavy atom. The molecule has 0 amide bonds. The molecule has 0 aliphatic heterocycles. The van der Waals surface area contributed by atoms with Crippen LogP contribution in [0.4, 0.5) is 5.69 Å². The van der Waals surface area contributed by atoms with Gasteiger partial charge in [0.15, 0.2) is 5.43 Å². The fraction of sp³-hybridized carbons (Fsp3) is 0.133. The van der Waals surface area contributed by atoms with Crippen molar-refractivity contribution in [2.75, 3.05) is 7.11 Å². The number of nitro benzene ring substituents is 1. The lowest BCUT2D eigenvalue weighted by Crippen LogP contribution is -2.11. The molecular formula is C15H11ClN2O4.